The van der Waals surface area contributed by atoms with Crippen LogP contribution in [0.4, 0.5) is 16.0 Å². The number of nitrogens with zero attached hydrogens (tertiary/aromatic N) is 4. The number of carbonyl (C=O) groups excluding carboxylic acids is 1. The summed E-state index contributed by atoms with van der Waals surface area (Å²) < 4.78 is 13.7. The van der Waals surface area contributed by atoms with Gasteiger partial charge in [0.05, 0.1) is 5.92 Å². The molecule has 1 saturated heterocycles. The Labute approximate surface area is 146 Å². The van der Waals surface area contributed by atoms with Gasteiger partial charge in [0.15, 0.2) is 0 Å². The van der Waals surface area contributed by atoms with E-state index in [9.17, 15) is 9.18 Å². The number of fused-ring (bicyclic) bond motifs is 1. The zero-order valence-corrected chi connectivity index (χ0v) is 14.1. The summed E-state index contributed by atoms with van der Waals surface area (Å²) in [7, 11) is 0. The van der Waals surface area contributed by atoms with Crippen molar-refractivity contribution in [1.82, 2.24) is 9.97 Å². The van der Waals surface area contributed by atoms with Gasteiger partial charge in [0.2, 0.25) is 11.9 Å². The van der Waals surface area contributed by atoms with Crippen LogP contribution in [0.15, 0.2) is 36.7 Å². The topological polar surface area (TPSA) is 49.3 Å². The van der Waals surface area contributed by atoms with Gasteiger partial charge in [-0.3, -0.25) is 4.79 Å². The summed E-state index contributed by atoms with van der Waals surface area (Å²) in [4.78, 5) is 25.6. The number of benzene rings is 1. The monoisotopic (exact) mass is 340 g/mol. The summed E-state index contributed by atoms with van der Waals surface area (Å²) in [5.41, 5.74) is 1.80. The Hall–Kier alpha value is -2.50. The number of anilines is 2. The molecule has 1 aromatic carbocycles. The van der Waals surface area contributed by atoms with Crippen molar-refractivity contribution in [3.8, 4) is 0 Å². The fourth-order valence-corrected chi connectivity index (χ4v) is 3.81. The Morgan fingerprint density at radius 2 is 2.00 bits per heavy atom. The van der Waals surface area contributed by atoms with Crippen LogP contribution in [0, 0.1) is 11.7 Å². The van der Waals surface area contributed by atoms with E-state index in [1.54, 1.807) is 29.4 Å². The first-order valence-corrected chi connectivity index (χ1v) is 8.84. The Kier molecular flexibility index (Phi) is 4.34. The Morgan fingerprint density at radius 1 is 1.16 bits per heavy atom. The van der Waals surface area contributed by atoms with Crippen molar-refractivity contribution < 1.29 is 9.18 Å². The van der Waals surface area contributed by atoms with Gasteiger partial charge in [-0.25, -0.2) is 14.4 Å². The SMILES string of the molecule is O=C(C1CCCN(c2ncccn2)C1)N1CCCc2ccc(F)cc21. The van der Waals surface area contributed by atoms with Crippen LogP contribution in [-0.4, -0.2) is 35.5 Å². The normalized spacial score (nSPS) is 20.3. The molecule has 1 aromatic heterocycles. The van der Waals surface area contributed by atoms with Crippen LogP contribution < -0.4 is 9.80 Å². The second-order valence-electron chi connectivity index (χ2n) is 6.70. The zero-order chi connectivity index (χ0) is 17.2. The van der Waals surface area contributed by atoms with Gasteiger partial charge in [-0.15, -0.1) is 0 Å². The van der Waals surface area contributed by atoms with E-state index < -0.39 is 0 Å². The maximum absolute atomic E-state index is 13.7. The molecule has 1 atom stereocenters. The van der Waals surface area contributed by atoms with Crippen LogP contribution in [0.1, 0.15) is 24.8 Å². The number of amides is 1. The molecule has 2 aliphatic heterocycles. The van der Waals surface area contributed by atoms with Crippen molar-refractivity contribution >= 4 is 17.5 Å². The maximum atomic E-state index is 13.7. The molecule has 3 heterocycles. The zero-order valence-electron chi connectivity index (χ0n) is 14.1. The first-order chi connectivity index (χ1) is 12.2. The Bertz CT molecular complexity index is 767. The van der Waals surface area contributed by atoms with Crippen molar-refractivity contribution in [3.63, 3.8) is 0 Å². The van der Waals surface area contributed by atoms with E-state index in [-0.39, 0.29) is 17.6 Å². The molecule has 130 valence electrons. The van der Waals surface area contributed by atoms with Gasteiger partial charge in [0.25, 0.3) is 0 Å². The molecule has 5 nitrogen and oxygen atoms in total. The molecule has 1 fully saturated rings. The predicted molar refractivity (Wildman–Crippen MR) is 94.0 cm³/mol. The van der Waals surface area contributed by atoms with Crippen LogP contribution in [0.2, 0.25) is 0 Å². The number of rotatable bonds is 2. The lowest BCUT2D eigenvalue weighted by Crippen LogP contribution is -2.47. The van der Waals surface area contributed by atoms with E-state index in [4.69, 9.17) is 0 Å². The highest BCUT2D eigenvalue weighted by molar-refractivity contribution is 5.96. The smallest absolute Gasteiger partial charge is 0.231 e. The third-order valence-corrected chi connectivity index (χ3v) is 5.04. The Balaban J connectivity index is 1.54. The molecular weight excluding hydrogens is 319 g/mol. The van der Waals surface area contributed by atoms with Gasteiger partial charge >= 0.3 is 0 Å². The van der Waals surface area contributed by atoms with E-state index in [0.29, 0.717) is 19.0 Å². The summed E-state index contributed by atoms with van der Waals surface area (Å²) in [6, 6.07) is 6.56. The minimum Gasteiger partial charge on any atom is -0.340 e. The van der Waals surface area contributed by atoms with E-state index >= 15 is 0 Å². The van der Waals surface area contributed by atoms with Crippen molar-refractivity contribution in [1.29, 1.82) is 0 Å². The highest BCUT2D eigenvalue weighted by atomic mass is 19.1. The standard InChI is InChI=1S/C19H21FN4O/c20-16-7-6-14-4-2-11-24(17(14)12-16)18(25)15-5-1-10-23(13-15)19-21-8-3-9-22-19/h3,6-9,12,15H,1-2,4-5,10-11,13H2. The van der Waals surface area contributed by atoms with Crippen LogP contribution in [0.3, 0.4) is 0 Å². The molecule has 0 spiro atoms. The number of hydrogen-bond acceptors (Lipinski definition) is 4. The van der Waals surface area contributed by atoms with Crippen molar-refractivity contribution in [2.75, 3.05) is 29.4 Å². The largest absolute Gasteiger partial charge is 0.340 e. The lowest BCUT2D eigenvalue weighted by Gasteiger charge is -2.37. The lowest BCUT2D eigenvalue weighted by molar-refractivity contribution is -0.122. The minimum atomic E-state index is -0.290. The summed E-state index contributed by atoms with van der Waals surface area (Å²) in [5, 5.41) is 0. The molecule has 0 N–H and O–H groups in total. The molecule has 0 saturated carbocycles. The number of halogens is 1. The highest BCUT2D eigenvalue weighted by Gasteiger charge is 2.32. The van der Waals surface area contributed by atoms with Gasteiger partial charge in [0.1, 0.15) is 5.82 Å². The molecule has 1 amide bonds. The van der Waals surface area contributed by atoms with Gasteiger partial charge in [-0.05, 0) is 49.4 Å². The minimum absolute atomic E-state index is 0.0900. The van der Waals surface area contributed by atoms with E-state index in [0.717, 1.165) is 43.5 Å². The van der Waals surface area contributed by atoms with Crippen molar-refractivity contribution in [2.45, 2.75) is 25.7 Å². The van der Waals surface area contributed by atoms with E-state index in [1.807, 2.05) is 0 Å². The third kappa shape index (κ3) is 3.21. The van der Waals surface area contributed by atoms with Crippen molar-refractivity contribution in [3.05, 3.63) is 48.0 Å². The summed E-state index contributed by atoms with van der Waals surface area (Å²) in [5.74, 6) is 0.366. The van der Waals surface area contributed by atoms with E-state index in [2.05, 4.69) is 14.9 Å². The molecule has 0 bridgehead atoms. The Morgan fingerprint density at radius 3 is 2.84 bits per heavy atom. The number of hydrogen-bond donors (Lipinski definition) is 0. The average Bonchev–Trinajstić information content (AvgIpc) is 2.68. The van der Waals surface area contributed by atoms with Crippen LogP contribution in [0.25, 0.3) is 0 Å². The average molecular weight is 340 g/mol. The quantitative estimate of drug-likeness (QED) is 0.843. The molecular formula is C19H21FN4O. The second kappa shape index (κ2) is 6.78. The third-order valence-electron chi connectivity index (χ3n) is 5.04. The molecule has 2 aromatic rings. The first-order valence-electron chi connectivity index (χ1n) is 8.84. The van der Waals surface area contributed by atoms with Crippen LogP contribution in [0.5, 0.6) is 0 Å². The van der Waals surface area contributed by atoms with Gasteiger partial charge in [-0.1, -0.05) is 6.07 Å². The fraction of sp³-hybridized carbons (Fsp3) is 0.421. The number of carbonyl (C=O) groups is 1. The molecule has 25 heavy (non-hydrogen) atoms. The molecule has 1 unspecified atom stereocenters. The highest BCUT2D eigenvalue weighted by Crippen LogP contribution is 2.31. The maximum Gasteiger partial charge on any atom is 0.231 e. The lowest BCUT2D eigenvalue weighted by atomic mass is 9.94. The molecule has 0 radical (unpaired) electrons. The van der Waals surface area contributed by atoms with Gasteiger partial charge in [-0.2, -0.15) is 0 Å². The van der Waals surface area contributed by atoms with Crippen LogP contribution in [-0.2, 0) is 11.2 Å². The number of aromatic nitrogens is 2. The first kappa shape index (κ1) is 16.0. The predicted octanol–water partition coefficient (Wildman–Crippen LogP) is 2.81. The van der Waals surface area contributed by atoms with Gasteiger partial charge < -0.3 is 9.80 Å². The molecule has 2 aliphatic rings. The second-order valence-corrected chi connectivity index (χ2v) is 6.70. The van der Waals surface area contributed by atoms with E-state index in [1.165, 1.54) is 12.1 Å². The fourth-order valence-electron chi connectivity index (χ4n) is 3.81. The number of aryl methyl sites for hydroxylation is 1. The summed E-state index contributed by atoms with van der Waals surface area (Å²) in [6.45, 7) is 2.14. The summed E-state index contributed by atoms with van der Waals surface area (Å²) in [6.07, 6.45) is 7.04. The number of piperidine rings is 1. The van der Waals surface area contributed by atoms with Crippen LogP contribution >= 0.6 is 0 Å². The van der Waals surface area contributed by atoms with Crippen molar-refractivity contribution in [2.24, 2.45) is 5.92 Å². The molecule has 0 aliphatic carbocycles. The molecule has 6 heteroatoms. The summed E-state index contributed by atoms with van der Waals surface area (Å²) >= 11 is 0. The van der Waals surface area contributed by atoms with Gasteiger partial charge in [0, 0.05) is 37.7 Å². The molecule has 4 rings (SSSR count).